The summed E-state index contributed by atoms with van der Waals surface area (Å²) in [5.74, 6) is 0.436. The fraction of sp³-hybridized carbons (Fsp3) is 0.0667. The summed E-state index contributed by atoms with van der Waals surface area (Å²) in [5.41, 5.74) is 0.421. The average molecular weight is 384 g/mol. The van der Waals surface area contributed by atoms with Crippen LogP contribution in [0, 0.1) is 0 Å². The Morgan fingerprint density at radius 3 is 2.55 bits per heavy atom. The van der Waals surface area contributed by atoms with Gasteiger partial charge in [0.25, 0.3) is 0 Å². The molecule has 0 aliphatic carbocycles. The highest BCUT2D eigenvalue weighted by Gasteiger charge is 2.22. The molecule has 0 unspecified atom stereocenters. The molecule has 0 fully saturated rings. The number of amides is 1. The number of nitrogens with zero attached hydrogens (tertiary/aromatic N) is 2. The zero-order valence-corrected chi connectivity index (χ0v) is 13.9. The van der Waals surface area contributed by atoms with Gasteiger partial charge in [-0.3, -0.25) is 0 Å². The van der Waals surface area contributed by atoms with Crippen molar-refractivity contribution in [1.82, 2.24) is 0 Å². The van der Waals surface area contributed by atoms with Crippen molar-refractivity contribution in [3.8, 4) is 5.75 Å². The van der Waals surface area contributed by atoms with Crippen molar-refractivity contribution >= 4 is 45.1 Å². The summed E-state index contributed by atoms with van der Waals surface area (Å²) in [4.78, 5) is 13.5. The van der Waals surface area contributed by atoms with Crippen LogP contribution in [-0.4, -0.2) is 17.1 Å². The van der Waals surface area contributed by atoms with Gasteiger partial charge in [0.2, 0.25) is 0 Å². The molecule has 2 aromatic carbocycles. The average Bonchev–Trinajstić information content (AvgIpc) is 2.51. The van der Waals surface area contributed by atoms with Crippen LogP contribution < -0.4 is 9.64 Å². The number of carbonyl (C=O) groups excluding carboxylic acids is 1. The van der Waals surface area contributed by atoms with Crippen molar-refractivity contribution in [2.24, 2.45) is 5.16 Å². The molecule has 5 nitrogen and oxygen atoms in total. The maximum atomic E-state index is 12.4. The van der Waals surface area contributed by atoms with Crippen LogP contribution in [0.25, 0.3) is 0 Å². The van der Waals surface area contributed by atoms with E-state index < -0.39 is 6.09 Å². The Balaban J connectivity index is 2.34. The number of hydrogen-bond donors (Lipinski definition) is 1. The molecular weight excluding hydrogens is 372 g/mol. The zero-order chi connectivity index (χ0) is 16.1. The van der Waals surface area contributed by atoms with Crippen molar-refractivity contribution in [3.05, 3.63) is 58.0 Å². The van der Waals surface area contributed by atoms with Crippen molar-refractivity contribution in [3.63, 3.8) is 0 Å². The van der Waals surface area contributed by atoms with E-state index in [1.807, 2.05) is 6.07 Å². The van der Waals surface area contributed by atoms with Crippen LogP contribution in [0.2, 0.25) is 5.02 Å². The van der Waals surface area contributed by atoms with Gasteiger partial charge >= 0.3 is 6.09 Å². The van der Waals surface area contributed by atoms with E-state index in [0.717, 1.165) is 4.90 Å². The minimum Gasteiger partial charge on any atom is -0.410 e. The van der Waals surface area contributed by atoms with E-state index in [-0.39, 0.29) is 5.84 Å². The van der Waals surface area contributed by atoms with Gasteiger partial charge in [0.05, 0.1) is 10.7 Å². The molecular formula is C15H12BrClN2O3. The Hall–Kier alpha value is -2.05. The molecule has 0 radical (unpaired) electrons. The molecule has 0 saturated carbocycles. The Labute approximate surface area is 140 Å². The Morgan fingerprint density at radius 2 is 1.95 bits per heavy atom. The van der Waals surface area contributed by atoms with Gasteiger partial charge < -0.3 is 9.94 Å². The van der Waals surface area contributed by atoms with E-state index in [4.69, 9.17) is 21.5 Å². The van der Waals surface area contributed by atoms with Gasteiger partial charge in [-0.25, -0.2) is 9.69 Å². The van der Waals surface area contributed by atoms with Crippen LogP contribution >= 0.6 is 27.5 Å². The summed E-state index contributed by atoms with van der Waals surface area (Å²) in [6, 6.07) is 13.5. The standard InChI is InChI=1S/C15H12BrClN2O3/c1-10(18-21)19(11-7-8-13(16)14(17)9-11)15(20)22-12-5-3-2-4-6-12/h2-9,21H,1H3. The van der Waals surface area contributed by atoms with E-state index in [1.165, 1.54) is 6.92 Å². The minimum absolute atomic E-state index is 0.0549. The number of oxime groups is 1. The van der Waals surface area contributed by atoms with Gasteiger partial charge in [-0.15, -0.1) is 0 Å². The maximum absolute atomic E-state index is 12.4. The number of amidine groups is 1. The fourth-order valence-corrected chi connectivity index (χ4v) is 2.15. The van der Waals surface area contributed by atoms with Crippen LogP contribution in [0.1, 0.15) is 6.92 Å². The molecule has 114 valence electrons. The largest absolute Gasteiger partial charge is 0.425 e. The molecule has 7 heteroatoms. The van der Waals surface area contributed by atoms with Crippen molar-refractivity contribution < 1.29 is 14.7 Å². The zero-order valence-electron chi connectivity index (χ0n) is 11.5. The first-order valence-corrected chi connectivity index (χ1v) is 7.40. The van der Waals surface area contributed by atoms with E-state index in [2.05, 4.69) is 21.1 Å². The summed E-state index contributed by atoms with van der Waals surface area (Å²) in [6.07, 6.45) is -0.708. The minimum atomic E-state index is -0.708. The van der Waals surface area contributed by atoms with Crippen molar-refractivity contribution in [2.75, 3.05) is 4.90 Å². The van der Waals surface area contributed by atoms with E-state index in [1.54, 1.807) is 42.5 Å². The number of hydrogen-bond acceptors (Lipinski definition) is 4. The van der Waals surface area contributed by atoms with E-state index in [9.17, 15) is 4.79 Å². The number of rotatable bonds is 2. The summed E-state index contributed by atoms with van der Waals surface area (Å²) in [6.45, 7) is 1.47. The van der Waals surface area contributed by atoms with Crippen molar-refractivity contribution in [1.29, 1.82) is 0 Å². The third-order valence-electron chi connectivity index (χ3n) is 2.76. The maximum Gasteiger partial charge on any atom is 0.425 e. The number of carbonyl (C=O) groups is 1. The molecule has 0 bridgehead atoms. The highest BCUT2D eigenvalue weighted by atomic mass is 79.9. The summed E-state index contributed by atoms with van der Waals surface area (Å²) in [7, 11) is 0. The van der Waals surface area contributed by atoms with Crippen LogP contribution in [-0.2, 0) is 0 Å². The molecule has 0 aliphatic rings. The van der Waals surface area contributed by atoms with Crippen LogP contribution in [0.5, 0.6) is 5.75 Å². The number of anilines is 1. The molecule has 2 rings (SSSR count). The molecule has 2 aromatic rings. The van der Waals surface area contributed by atoms with Gasteiger partial charge in [0.1, 0.15) is 5.75 Å². The smallest absolute Gasteiger partial charge is 0.410 e. The molecule has 0 aromatic heterocycles. The fourth-order valence-electron chi connectivity index (χ4n) is 1.73. The molecule has 1 N–H and O–H groups in total. The lowest BCUT2D eigenvalue weighted by atomic mass is 10.3. The molecule has 0 heterocycles. The first-order valence-electron chi connectivity index (χ1n) is 6.23. The SMILES string of the molecule is CC(=NO)N(C(=O)Oc1ccccc1)c1ccc(Br)c(Cl)c1. The van der Waals surface area contributed by atoms with Gasteiger partial charge in [-0.2, -0.15) is 0 Å². The highest BCUT2D eigenvalue weighted by molar-refractivity contribution is 9.10. The lowest BCUT2D eigenvalue weighted by Crippen LogP contribution is -2.37. The molecule has 1 amide bonds. The van der Waals surface area contributed by atoms with Gasteiger partial charge in [0.15, 0.2) is 5.84 Å². The lowest BCUT2D eigenvalue weighted by Gasteiger charge is -2.21. The second-order valence-electron chi connectivity index (χ2n) is 4.26. The lowest BCUT2D eigenvalue weighted by molar-refractivity contribution is 0.210. The molecule has 0 aliphatic heterocycles. The highest BCUT2D eigenvalue weighted by Crippen LogP contribution is 2.28. The molecule has 0 atom stereocenters. The van der Waals surface area contributed by atoms with E-state index >= 15 is 0 Å². The van der Waals surface area contributed by atoms with Gasteiger partial charge in [-0.05, 0) is 53.2 Å². The summed E-state index contributed by atoms with van der Waals surface area (Å²) < 4.78 is 5.95. The summed E-state index contributed by atoms with van der Waals surface area (Å²) in [5, 5.41) is 12.5. The number of benzene rings is 2. The Kier molecular flexibility index (Phi) is 5.41. The van der Waals surface area contributed by atoms with Gasteiger partial charge in [0, 0.05) is 4.47 Å². The third kappa shape index (κ3) is 3.78. The number of ether oxygens (including phenoxy) is 1. The Morgan fingerprint density at radius 1 is 1.27 bits per heavy atom. The van der Waals surface area contributed by atoms with Gasteiger partial charge in [-0.1, -0.05) is 35.0 Å². The second-order valence-corrected chi connectivity index (χ2v) is 5.52. The monoisotopic (exact) mass is 382 g/mol. The normalized spacial score (nSPS) is 11.1. The molecule has 22 heavy (non-hydrogen) atoms. The predicted molar refractivity (Wildman–Crippen MR) is 89.0 cm³/mol. The summed E-state index contributed by atoms with van der Waals surface area (Å²) >= 11 is 9.32. The molecule has 0 spiro atoms. The second kappa shape index (κ2) is 7.29. The van der Waals surface area contributed by atoms with Crippen LogP contribution in [0.4, 0.5) is 10.5 Å². The molecule has 0 saturated heterocycles. The Bertz CT molecular complexity index is 707. The number of halogens is 2. The topological polar surface area (TPSA) is 62.1 Å². The van der Waals surface area contributed by atoms with Crippen molar-refractivity contribution in [2.45, 2.75) is 6.92 Å². The quantitative estimate of drug-likeness (QED) is 0.347. The predicted octanol–water partition coefficient (Wildman–Crippen LogP) is 4.92. The number of para-hydroxylation sites is 1. The third-order valence-corrected chi connectivity index (χ3v) is 3.99. The first-order chi connectivity index (χ1) is 10.5. The first kappa shape index (κ1) is 16.3. The van der Waals surface area contributed by atoms with Crippen LogP contribution in [0.15, 0.2) is 58.2 Å². The van der Waals surface area contributed by atoms with E-state index in [0.29, 0.717) is 20.9 Å². The van der Waals surface area contributed by atoms with Crippen LogP contribution in [0.3, 0.4) is 0 Å².